The third-order valence-corrected chi connectivity index (χ3v) is 8.78. The van der Waals surface area contributed by atoms with Crippen LogP contribution in [0.25, 0.3) is 5.69 Å². The highest BCUT2D eigenvalue weighted by Crippen LogP contribution is 2.44. The van der Waals surface area contributed by atoms with Gasteiger partial charge in [0.15, 0.2) is 5.11 Å². The number of piperidine rings is 1. The smallest absolute Gasteiger partial charge is 0.174 e. The molecule has 2 saturated heterocycles. The molecule has 2 atom stereocenters. The SMILES string of the molecule is CC1CCN(c2ccc(N3C(=S)N[C@H](c4ccccn4)[C@@H]3c3cccn3-c3ccc(N(C)C)cc3)cc2Cl)CC1. The van der Waals surface area contributed by atoms with Crippen molar-refractivity contribution in [3.8, 4) is 5.69 Å². The van der Waals surface area contributed by atoms with Crippen LogP contribution in [0.15, 0.2) is 85.2 Å². The zero-order chi connectivity index (χ0) is 27.8. The average Bonchev–Trinajstić information content (AvgIpc) is 3.58. The summed E-state index contributed by atoms with van der Waals surface area (Å²) in [7, 11) is 4.11. The summed E-state index contributed by atoms with van der Waals surface area (Å²) in [6.45, 7) is 4.40. The first-order valence-corrected chi connectivity index (χ1v) is 14.7. The van der Waals surface area contributed by atoms with E-state index in [1.54, 1.807) is 0 Å². The molecule has 2 aromatic heterocycles. The quantitative estimate of drug-likeness (QED) is 0.252. The van der Waals surface area contributed by atoms with Crippen molar-refractivity contribution in [2.75, 3.05) is 41.9 Å². The average molecular weight is 571 g/mol. The molecule has 2 aliphatic rings. The number of rotatable bonds is 6. The highest BCUT2D eigenvalue weighted by Gasteiger charge is 2.42. The van der Waals surface area contributed by atoms with Gasteiger partial charge in [0, 0.05) is 62.3 Å². The molecule has 0 aliphatic carbocycles. The molecule has 4 heterocycles. The number of halogens is 1. The van der Waals surface area contributed by atoms with Gasteiger partial charge >= 0.3 is 0 Å². The van der Waals surface area contributed by atoms with Crippen LogP contribution in [0, 0.1) is 5.92 Å². The van der Waals surface area contributed by atoms with Crippen LogP contribution in [-0.4, -0.2) is 41.8 Å². The molecule has 2 aliphatic heterocycles. The summed E-state index contributed by atoms with van der Waals surface area (Å²) in [6.07, 6.45) is 6.34. The first-order valence-electron chi connectivity index (χ1n) is 13.9. The van der Waals surface area contributed by atoms with Gasteiger partial charge in [-0.1, -0.05) is 24.6 Å². The maximum absolute atomic E-state index is 6.97. The van der Waals surface area contributed by atoms with Gasteiger partial charge in [-0.15, -0.1) is 0 Å². The highest BCUT2D eigenvalue weighted by molar-refractivity contribution is 7.80. The topological polar surface area (TPSA) is 39.6 Å². The molecule has 40 heavy (non-hydrogen) atoms. The number of nitrogens with one attached hydrogen (secondary N) is 1. The van der Waals surface area contributed by atoms with Crippen molar-refractivity contribution in [1.82, 2.24) is 14.9 Å². The Morgan fingerprint density at radius 2 is 1.70 bits per heavy atom. The van der Waals surface area contributed by atoms with E-state index >= 15 is 0 Å². The fraction of sp³-hybridized carbons (Fsp3) is 0.312. The van der Waals surface area contributed by atoms with Gasteiger partial charge in [0.1, 0.15) is 6.04 Å². The van der Waals surface area contributed by atoms with E-state index in [0.29, 0.717) is 5.11 Å². The first-order chi connectivity index (χ1) is 19.4. The molecule has 1 N–H and O–H groups in total. The zero-order valence-electron chi connectivity index (χ0n) is 23.2. The second-order valence-corrected chi connectivity index (χ2v) is 11.8. The maximum atomic E-state index is 6.97. The molecule has 0 bridgehead atoms. The fourth-order valence-corrected chi connectivity index (χ4v) is 6.51. The van der Waals surface area contributed by atoms with Gasteiger partial charge in [0.2, 0.25) is 0 Å². The molecule has 8 heteroatoms. The number of nitrogens with zero attached hydrogens (tertiary/aromatic N) is 5. The van der Waals surface area contributed by atoms with E-state index in [1.165, 1.54) is 12.8 Å². The van der Waals surface area contributed by atoms with E-state index in [4.69, 9.17) is 28.8 Å². The summed E-state index contributed by atoms with van der Waals surface area (Å²) < 4.78 is 2.24. The largest absolute Gasteiger partial charge is 0.378 e. The van der Waals surface area contributed by atoms with Crippen LogP contribution in [0.3, 0.4) is 0 Å². The molecule has 0 radical (unpaired) electrons. The van der Waals surface area contributed by atoms with Crippen molar-refractivity contribution in [1.29, 1.82) is 0 Å². The Kier molecular flexibility index (Phi) is 7.43. The lowest BCUT2D eigenvalue weighted by Crippen LogP contribution is -2.33. The van der Waals surface area contributed by atoms with Gasteiger partial charge in [-0.2, -0.15) is 0 Å². The van der Waals surface area contributed by atoms with Gasteiger partial charge in [0.05, 0.1) is 22.4 Å². The van der Waals surface area contributed by atoms with Crippen molar-refractivity contribution in [3.63, 3.8) is 0 Å². The maximum Gasteiger partial charge on any atom is 0.174 e. The second-order valence-electron chi connectivity index (χ2n) is 11.0. The molecule has 0 unspecified atom stereocenters. The first kappa shape index (κ1) is 26.7. The predicted octanol–water partition coefficient (Wildman–Crippen LogP) is 7.01. The Bertz CT molecular complexity index is 1480. The van der Waals surface area contributed by atoms with Crippen molar-refractivity contribution in [2.24, 2.45) is 5.92 Å². The van der Waals surface area contributed by atoms with Gasteiger partial charge in [-0.3, -0.25) is 4.98 Å². The molecule has 2 aromatic carbocycles. The third-order valence-electron chi connectivity index (χ3n) is 8.16. The van der Waals surface area contributed by atoms with Crippen LogP contribution in [0.5, 0.6) is 0 Å². The van der Waals surface area contributed by atoms with E-state index < -0.39 is 0 Å². The minimum atomic E-state index is -0.135. The Labute approximate surface area is 247 Å². The number of aromatic nitrogens is 2. The standard InChI is InChI=1S/C32H35ClN6S/c1-22-15-19-37(20-16-22)28-14-13-25(21-26(28)33)39-31(30(35-32(39)40)27-7-4-5-17-34-27)29-8-6-18-38(29)24-11-9-23(10-12-24)36(2)3/h4-14,17-18,21-22,30-31H,15-16,19-20H2,1-3H3,(H,35,40)/t30-,31+/m1/s1. The number of pyridine rings is 1. The summed E-state index contributed by atoms with van der Waals surface area (Å²) in [5.74, 6) is 0.766. The molecule has 0 saturated carbocycles. The number of hydrogen-bond acceptors (Lipinski definition) is 4. The lowest BCUT2D eigenvalue weighted by Gasteiger charge is -2.33. The lowest BCUT2D eigenvalue weighted by atomic mass is 9.98. The fourth-order valence-electron chi connectivity index (χ4n) is 5.87. The van der Waals surface area contributed by atoms with Crippen LogP contribution in [0.2, 0.25) is 5.02 Å². The zero-order valence-corrected chi connectivity index (χ0v) is 24.7. The van der Waals surface area contributed by atoms with Gasteiger partial charge in [-0.25, -0.2) is 0 Å². The summed E-state index contributed by atoms with van der Waals surface area (Å²) in [4.78, 5) is 11.4. The molecular weight excluding hydrogens is 536 g/mol. The van der Waals surface area contributed by atoms with Crippen LogP contribution < -0.4 is 20.0 Å². The molecule has 6 rings (SSSR count). The van der Waals surface area contributed by atoms with E-state index in [-0.39, 0.29) is 12.1 Å². The van der Waals surface area contributed by atoms with Crippen molar-refractivity contribution in [3.05, 3.63) is 102 Å². The van der Waals surface area contributed by atoms with Gasteiger partial charge < -0.3 is 24.6 Å². The van der Waals surface area contributed by atoms with Crippen LogP contribution in [-0.2, 0) is 0 Å². The predicted molar refractivity (Wildman–Crippen MR) is 170 cm³/mol. The second kappa shape index (κ2) is 11.1. The number of benzene rings is 2. The van der Waals surface area contributed by atoms with Crippen molar-refractivity contribution < 1.29 is 0 Å². The molecule has 6 nitrogen and oxygen atoms in total. The lowest BCUT2D eigenvalue weighted by molar-refractivity contribution is 0.438. The Balaban J connectivity index is 1.41. The van der Waals surface area contributed by atoms with Gasteiger partial charge in [-0.05, 0) is 97.7 Å². The molecule has 206 valence electrons. The number of thiocarbonyl (C=S) groups is 1. The molecular formula is C32H35ClN6S. The number of hydrogen-bond donors (Lipinski definition) is 1. The summed E-state index contributed by atoms with van der Waals surface area (Å²) >= 11 is 13.0. The third kappa shape index (κ3) is 5.04. The Morgan fingerprint density at radius 3 is 2.38 bits per heavy atom. The Morgan fingerprint density at radius 1 is 0.950 bits per heavy atom. The normalized spacial score (nSPS) is 19.6. The van der Waals surface area contributed by atoms with E-state index in [1.807, 2.05) is 18.3 Å². The molecule has 0 spiro atoms. The number of anilines is 3. The molecule has 4 aromatic rings. The van der Waals surface area contributed by atoms with Gasteiger partial charge in [0.25, 0.3) is 0 Å². The van der Waals surface area contributed by atoms with Crippen molar-refractivity contribution in [2.45, 2.75) is 31.8 Å². The minimum Gasteiger partial charge on any atom is -0.378 e. The monoisotopic (exact) mass is 570 g/mol. The summed E-state index contributed by atoms with van der Waals surface area (Å²) in [5.41, 5.74) is 6.38. The van der Waals surface area contributed by atoms with E-state index in [2.05, 4.69) is 112 Å². The van der Waals surface area contributed by atoms with Crippen LogP contribution in [0.1, 0.15) is 43.2 Å². The van der Waals surface area contributed by atoms with E-state index in [9.17, 15) is 0 Å². The summed E-state index contributed by atoms with van der Waals surface area (Å²) in [6, 6.07) is 25.0. The molecule has 0 amide bonds. The summed E-state index contributed by atoms with van der Waals surface area (Å²) in [5, 5.41) is 5.00. The Hall–Kier alpha value is -3.55. The van der Waals surface area contributed by atoms with Crippen LogP contribution >= 0.6 is 23.8 Å². The van der Waals surface area contributed by atoms with E-state index in [0.717, 1.165) is 58.2 Å². The minimum absolute atomic E-state index is 0.134. The van der Waals surface area contributed by atoms with Crippen molar-refractivity contribution >= 4 is 46.0 Å². The highest BCUT2D eigenvalue weighted by atomic mass is 35.5. The van der Waals surface area contributed by atoms with Crippen LogP contribution in [0.4, 0.5) is 17.1 Å². The molecule has 2 fully saturated rings.